The van der Waals surface area contributed by atoms with Crippen LogP contribution >= 0.6 is 0 Å². The van der Waals surface area contributed by atoms with Gasteiger partial charge in [0, 0.05) is 25.2 Å². The van der Waals surface area contributed by atoms with Crippen molar-refractivity contribution in [3.8, 4) is 23.0 Å². The molecule has 2 aliphatic heterocycles. The summed E-state index contributed by atoms with van der Waals surface area (Å²) < 4.78 is 40.0. The summed E-state index contributed by atoms with van der Waals surface area (Å²) in [7, 11) is 0. The van der Waals surface area contributed by atoms with Gasteiger partial charge < -0.3 is 30.3 Å². The molecule has 0 unspecified atom stereocenters. The molecule has 45 heavy (non-hydrogen) atoms. The number of likely N-dealkylation sites (tertiary alicyclic amines) is 2. The number of phenolic OH excluding ortho intramolecular Hbond substituents is 2. The molecule has 2 N–H and O–H groups in total. The molecule has 0 aliphatic carbocycles. The topological polar surface area (TPSA) is 93.6 Å². The van der Waals surface area contributed by atoms with Crippen LogP contribution in [-0.2, 0) is 30.2 Å². The summed E-state index contributed by atoms with van der Waals surface area (Å²) in [6.07, 6.45) is 7.44. The maximum Gasteiger partial charge on any atom is 2.00 e. The largest absolute Gasteiger partial charge is 2.00 e. The van der Waals surface area contributed by atoms with Gasteiger partial charge in [0.25, 0.3) is 0 Å². The Bertz CT molecular complexity index is 1270. The van der Waals surface area contributed by atoms with Crippen LogP contribution in [0.4, 0.5) is 20.2 Å². The van der Waals surface area contributed by atoms with E-state index < -0.39 is 11.6 Å². The molecule has 3 aromatic carbocycles. The van der Waals surface area contributed by atoms with Gasteiger partial charge in [0.1, 0.15) is 36.2 Å². The number of hydrogen-bond acceptors (Lipinski definition) is 6. The molecule has 3 aromatic rings. The van der Waals surface area contributed by atoms with E-state index in [1.54, 1.807) is 36.4 Å². The second-order valence-electron chi connectivity index (χ2n) is 11.5. The number of benzene rings is 3. The Balaban J connectivity index is 0.00000461. The van der Waals surface area contributed by atoms with Gasteiger partial charge in [-0.15, -0.1) is 13.1 Å². The smallest absolute Gasteiger partial charge is 0.681 e. The number of nitrogens with zero attached hydrogens (tertiary/aromatic N) is 4. The molecule has 0 spiro atoms. The van der Waals surface area contributed by atoms with Gasteiger partial charge in [0.15, 0.2) is 11.6 Å². The Morgan fingerprint density at radius 2 is 1.00 bits per heavy atom. The summed E-state index contributed by atoms with van der Waals surface area (Å²) >= 11 is 0. The fraction of sp³-hybridized carbons (Fsp3) is 0.471. The van der Waals surface area contributed by atoms with Crippen LogP contribution < -0.4 is 9.47 Å². The van der Waals surface area contributed by atoms with E-state index in [-0.39, 0.29) is 53.0 Å². The quantitative estimate of drug-likeness (QED) is 0.172. The average molecular weight is 672 g/mol. The molecule has 5 rings (SSSR count). The molecule has 2 heterocycles. The normalized spacial score (nSPS) is 15.7. The first-order valence-electron chi connectivity index (χ1n) is 15.6. The van der Waals surface area contributed by atoms with Crippen molar-refractivity contribution in [2.24, 2.45) is 0 Å². The molecule has 247 valence electrons. The second-order valence-corrected chi connectivity index (χ2v) is 11.5. The summed E-state index contributed by atoms with van der Waals surface area (Å²) in [5.41, 5.74) is 1.31. The van der Waals surface area contributed by atoms with E-state index in [1.807, 2.05) is 0 Å². The molecule has 2 saturated heterocycles. The van der Waals surface area contributed by atoms with Gasteiger partial charge >= 0.3 is 17.1 Å². The summed E-state index contributed by atoms with van der Waals surface area (Å²) in [6, 6.07) is 12.0. The van der Waals surface area contributed by atoms with Crippen LogP contribution in [0, 0.1) is 11.6 Å². The van der Waals surface area contributed by atoms with Crippen LogP contribution in [0.25, 0.3) is 10.6 Å². The second kappa shape index (κ2) is 17.5. The van der Waals surface area contributed by atoms with Gasteiger partial charge in [-0.2, -0.15) is 11.4 Å². The Morgan fingerprint density at radius 1 is 0.600 bits per heavy atom. The van der Waals surface area contributed by atoms with Crippen molar-refractivity contribution in [3.05, 3.63) is 81.9 Å². The molecule has 2 aliphatic rings. The molecular weight excluding hydrogens is 630 g/mol. The fourth-order valence-corrected chi connectivity index (χ4v) is 5.61. The molecule has 0 saturated carbocycles. The van der Waals surface area contributed by atoms with E-state index in [1.165, 1.54) is 38.5 Å². The number of halogens is 2. The van der Waals surface area contributed by atoms with E-state index in [9.17, 15) is 19.0 Å². The molecule has 0 bridgehead atoms. The number of aromatic hydroxyl groups is 2. The molecule has 1 radical (unpaired) electrons. The third-order valence-corrected chi connectivity index (χ3v) is 8.22. The van der Waals surface area contributed by atoms with Crippen molar-refractivity contribution >= 4 is 11.4 Å². The predicted octanol–water partition coefficient (Wildman–Crippen LogP) is 7.51. The molecule has 2 fully saturated rings. The van der Waals surface area contributed by atoms with Crippen molar-refractivity contribution < 1.29 is 45.5 Å². The van der Waals surface area contributed by atoms with Gasteiger partial charge in [0.05, 0.1) is 0 Å². The molecule has 11 heteroatoms. The first kappa shape index (κ1) is 34.6. The van der Waals surface area contributed by atoms with Crippen molar-refractivity contribution in [1.82, 2.24) is 9.80 Å². The fourth-order valence-electron chi connectivity index (χ4n) is 5.61. The van der Waals surface area contributed by atoms with Crippen molar-refractivity contribution in [3.63, 3.8) is 0 Å². The van der Waals surface area contributed by atoms with Crippen LogP contribution in [0.3, 0.4) is 0 Å². The first-order valence-corrected chi connectivity index (χ1v) is 15.6. The Kier molecular flexibility index (Phi) is 13.4. The van der Waals surface area contributed by atoms with E-state index in [0.717, 1.165) is 51.4 Å². The molecule has 0 atom stereocenters. The zero-order chi connectivity index (χ0) is 30.7. The van der Waals surface area contributed by atoms with Crippen LogP contribution in [0.5, 0.6) is 23.0 Å². The number of rotatable bonds is 14. The standard InChI is InChI=1S/C34H42F2N4O4.Cu/c35-29-21-31(37-23-25-7-9-27(19-33(25)41)43-17-15-39-11-3-1-4-12-39)32(22-30(29)36)38-24-26-8-10-28(20-34(26)42)44-18-16-40-13-5-2-6-14-40;/h7-10,19-22,41-42H,1-6,11-18,23-24H2;/q-2;+2. The van der Waals surface area contributed by atoms with Gasteiger partial charge in [-0.05, 0) is 87.3 Å². The molecule has 8 nitrogen and oxygen atoms in total. The maximum atomic E-state index is 14.2. The summed E-state index contributed by atoms with van der Waals surface area (Å²) in [5.74, 6) is -0.950. The van der Waals surface area contributed by atoms with Gasteiger partial charge in [-0.3, -0.25) is 9.80 Å². The molecular formula is C34H42CuF2N4O4. The number of phenols is 2. The summed E-state index contributed by atoms with van der Waals surface area (Å²) in [4.78, 5) is 4.76. The van der Waals surface area contributed by atoms with Gasteiger partial charge in [-0.25, -0.2) is 8.78 Å². The average Bonchev–Trinajstić information content (AvgIpc) is 3.03. The predicted molar refractivity (Wildman–Crippen MR) is 168 cm³/mol. The number of ether oxygens (including phenoxy) is 2. The van der Waals surface area contributed by atoms with E-state index in [2.05, 4.69) is 20.4 Å². The zero-order valence-electron chi connectivity index (χ0n) is 25.5. The minimum Gasteiger partial charge on any atom is -0.681 e. The van der Waals surface area contributed by atoms with Crippen LogP contribution in [0.2, 0.25) is 0 Å². The Labute approximate surface area is 275 Å². The van der Waals surface area contributed by atoms with Gasteiger partial charge in [0.2, 0.25) is 0 Å². The van der Waals surface area contributed by atoms with E-state index >= 15 is 0 Å². The SMILES string of the molecule is Oc1cc(OCCN2CCCCC2)ccc1C[N-]c1cc(F)c(F)cc1[N-]Cc1ccc(OCCN2CCCCC2)cc1O.[Cu+2]. The van der Waals surface area contributed by atoms with Crippen LogP contribution in [0.1, 0.15) is 49.7 Å². The zero-order valence-corrected chi connectivity index (χ0v) is 26.4. The van der Waals surface area contributed by atoms with Crippen molar-refractivity contribution in [1.29, 1.82) is 0 Å². The summed E-state index contributed by atoms with van der Waals surface area (Å²) in [5, 5.41) is 30.0. The monoisotopic (exact) mass is 671 g/mol. The number of hydrogen-bond donors (Lipinski definition) is 2. The Hall–Kier alpha value is -3.24. The van der Waals surface area contributed by atoms with E-state index in [0.29, 0.717) is 35.8 Å². The van der Waals surface area contributed by atoms with Crippen LogP contribution in [0.15, 0.2) is 48.5 Å². The van der Waals surface area contributed by atoms with Gasteiger partial charge in [-0.1, -0.05) is 25.0 Å². The number of piperidine rings is 2. The minimum atomic E-state index is -1.04. The third kappa shape index (κ3) is 10.4. The minimum absolute atomic E-state index is 0. The van der Waals surface area contributed by atoms with Crippen molar-refractivity contribution in [2.45, 2.75) is 51.6 Å². The Morgan fingerprint density at radius 3 is 1.38 bits per heavy atom. The molecule has 0 amide bonds. The van der Waals surface area contributed by atoms with E-state index in [4.69, 9.17) is 9.47 Å². The van der Waals surface area contributed by atoms with Crippen molar-refractivity contribution in [2.75, 3.05) is 52.5 Å². The first-order chi connectivity index (χ1) is 21.4. The summed E-state index contributed by atoms with van der Waals surface area (Å²) in [6.45, 7) is 7.18. The maximum absolute atomic E-state index is 14.2. The van der Waals surface area contributed by atoms with Crippen LogP contribution in [-0.4, -0.2) is 72.5 Å². The third-order valence-electron chi connectivity index (χ3n) is 8.22. The molecule has 0 aromatic heterocycles.